The molecule has 1 atom stereocenters. The highest BCUT2D eigenvalue weighted by atomic mass is 35.5. The Labute approximate surface area is 96.9 Å². The fraction of sp³-hybridized carbons (Fsp3) is 0.818. The molecule has 0 aromatic rings. The Kier molecular flexibility index (Phi) is 4.29. The molecule has 2 heterocycles. The molecule has 0 unspecified atom stereocenters. The predicted octanol–water partition coefficient (Wildman–Crippen LogP) is 1.32. The second-order valence-corrected chi connectivity index (χ2v) is 4.79. The Morgan fingerprint density at radius 2 is 2.53 bits per heavy atom. The zero-order valence-electron chi connectivity index (χ0n) is 9.14. The van der Waals surface area contributed by atoms with Crippen molar-refractivity contribution in [3.63, 3.8) is 0 Å². The summed E-state index contributed by atoms with van der Waals surface area (Å²) in [6, 6.07) is 0. The highest BCUT2D eigenvalue weighted by molar-refractivity contribution is 6.29. The minimum atomic E-state index is 0.803. The van der Waals surface area contributed by atoms with Crippen LogP contribution in [0.4, 0.5) is 0 Å². The topological polar surface area (TPSA) is 27.3 Å². The van der Waals surface area contributed by atoms with Gasteiger partial charge in [0.2, 0.25) is 0 Å². The van der Waals surface area contributed by atoms with E-state index in [0.29, 0.717) is 0 Å². The second-order valence-electron chi connectivity index (χ2n) is 4.40. The summed E-state index contributed by atoms with van der Waals surface area (Å²) in [5.74, 6) is 0.803. The van der Waals surface area contributed by atoms with Crippen LogP contribution in [0, 0.1) is 5.92 Å². The van der Waals surface area contributed by atoms with E-state index in [9.17, 15) is 0 Å². The fourth-order valence-corrected chi connectivity index (χ4v) is 2.44. The van der Waals surface area contributed by atoms with Crippen LogP contribution < -0.4 is 10.6 Å². The van der Waals surface area contributed by atoms with Gasteiger partial charge in [0, 0.05) is 13.1 Å². The molecule has 2 rings (SSSR count). The fourth-order valence-electron chi connectivity index (χ4n) is 2.19. The van der Waals surface area contributed by atoms with E-state index in [0.717, 1.165) is 43.8 Å². The van der Waals surface area contributed by atoms with Crippen LogP contribution in [0.3, 0.4) is 0 Å². The maximum absolute atomic E-state index is 6.11. The maximum atomic E-state index is 6.11. The first-order chi connectivity index (χ1) is 7.36. The zero-order chi connectivity index (χ0) is 10.5. The molecule has 0 aromatic carbocycles. The maximum Gasteiger partial charge on any atom is 0.101 e. The average molecular weight is 230 g/mol. The lowest BCUT2D eigenvalue weighted by Crippen LogP contribution is -2.37. The summed E-state index contributed by atoms with van der Waals surface area (Å²) in [7, 11) is 0. The lowest BCUT2D eigenvalue weighted by atomic mass is 10.1. The number of halogens is 1. The van der Waals surface area contributed by atoms with Crippen molar-refractivity contribution in [2.45, 2.75) is 19.3 Å². The van der Waals surface area contributed by atoms with Gasteiger partial charge in [-0.3, -0.25) is 5.32 Å². The Morgan fingerprint density at radius 1 is 1.60 bits per heavy atom. The van der Waals surface area contributed by atoms with Crippen LogP contribution >= 0.6 is 11.6 Å². The van der Waals surface area contributed by atoms with Crippen LogP contribution in [0.15, 0.2) is 11.2 Å². The first-order valence-corrected chi connectivity index (χ1v) is 6.26. The summed E-state index contributed by atoms with van der Waals surface area (Å²) in [6.07, 6.45) is 5.77. The van der Waals surface area contributed by atoms with Crippen LogP contribution in [0.25, 0.3) is 0 Å². The molecule has 15 heavy (non-hydrogen) atoms. The lowest BCUT2D eigenvalue weighted by molar-refractivity contribution is 0.306. The largest absolute Gasteiger partial charge is 0.350 e. The van der Waals surface area contributed by atoms with Gasteiger partial charge in [-0.1, -0.05) is 11.6 Å². The van der Waals surface area contributed by atoms with Crippen molar-refractivity contribution < 1.29 is 0 Å². The van der Waals surface area contributed by atoms with Crippen LogP contribution in [0.2, 0.25) is 0 Å². The van der Waals surface area contributed by atoms with Gasteiger partial charge in [-0.05, 0) is 44.3 Å². The molecular weight excluding hydrogens is 210 g/mol. The van der Waals surface area contributed by atoms with Gasteiger partial charge in [-0.15, -0.1) is 0 Å². The van der Waals surface area contributed by atoms with Gasteiger partial charge >= 0.3 is 0 Å². The molecule has 1 saturated heterocycles. The zero-order valence-corrected chi connectivity index (χ0v) is 9.89. The van der Waals surface area contributed by atoms with E-state index in [1.807, 2.05) is 0 Å². The SMILES string of the molecule is ClC1=CCCCN1CNC[C@H]1CCNC1. The molecule has 0 bridgehead atoms. The van der Waals surface area contributed by atoms with Crippen LogP contribution in [0.5, 0.6) is 0 Å². The number of nitrogens with zero attached hydrogens (tertiary/aromatic N) is 1. The Bertz CT molecular complexity index is 224. The first kappa shape index (κ1) is 11.2. The summed E-state index contributed by atoms with van der Waals surface area (Å²) in [6.45, 7) is 5.43. The molecular formula is C11H20ClN3. The van der Waals surface area contributed by atoms with E-state index in [2.05, 4.69) is 21.6 Å². The van der Waals surface area contributed by atoms with Crippen molar-refractivity contribution >= 4 is 11.6 Å². The Morgan fingerprint density at radius 3 is 3.27 bits per heavy atom. The van der Waals surface area contributed by atoms with E-state index in [4.69, 9.17) is 11.6 Å². The molecule has 0 saturated carbocycles. The number of hydrogen-bond acceptors (Lipinski definition) is 3. The predicted molar refractivity (Wildman–Crippen MR) is 63.7 cm³/mol. The molecule has 0 amide bonds. The number of allylic oxidation sites excluding steroid dienone is 1. The van der Waals surface area contributed by atoms with Crippen molar-refractivity contribution in [3.8, 4) is 0 Å². The van der Waals surface area contributed by atoms with Gasteiger partial charge in [0.15, 0.2) is 0 Å². The highest BCUT2D eigenvalue weighted by Crippen LogP contribution is 2.16. The molecule has 3 nitrogen and oxygen atoms in total. The summed E-state index contributed by atoms with van der Waals surface area (Å²) < 4.78 is 0. The number of nitrogens with one attached hydrogen (secondary N) is 2. The van der Waals surface area contributed by atoms with E-state index < -0.39 is 0 Å². The standard InChI is InChI=1S/C11H20ClN3/c12-11-3-1-2-6-15(11)9-14-8-10-4-5-13-7-10/h3,10,13-14H,1-2,4-9H2/t10-/m0/s1. The summed E-state index contributed by atoms with van der Waals surface area (Å²) in [5, 5.41) is 7.78. The average Bonchev–Trinajstić information content (AvgIpc) is 2.74. The third-order valence-electron chi connectivity index (χ3n) is 3.15. The molecule has 2 aliphatic heterocycles. The molecule has 2 N–H and O–H groups in total. The molecule has 0 spiro atoms. The molecule has 0 radical (unpaired) electrons. The molecule has 1 fully saturated rings. The summed E-state index contributed by atoms with van der Waals surface area (Å²) in [4.78, 5) is 2.22. The molecule has 0 aromatic heterocycles. The second kappa shape index (κ2) is 5.73. The summed E-state index contributed by atoms with van der Waals surface area (Å²) in [5.41, 5.74) is 0. The smallest absolute Gasteiger partial charge is 0.101 e. The van der Waals surface area contributed by atoms with E-state index in [1.165, 1.54) is 19.4 Å². The normalized spacial score (nSPS) is 26.9. The molecule has 0 aliphatic carbocycles. The molecule has 4 heteroatoms. The molecule has 86 valence electrons. The van der Waals surface area contributed by atoms with Crippen LogP contribution in [-0.2, 0) is 0 Å². The van der Waals surface area contributed by atoms with Gasteiger partial charge in [0.1, 0.15) is 5.16 Å². The van der Waals surface area contributed by atoms with E-state index in [-0.39, 0.29) is 0 Å². The minimum Gasteiger partial charge on any atom is -0.350 e. The van der Waals surface area contributed by atoms with Crippen molar-refractivity contribution in [2.75, 3.05) is 32.8 Å². The van der Waals surface area contributed by atoms with Gasteiger partial charge < -0.3 is 10.2 Å². The van der Waals surface area contributed by atoms with Gasteiger partial charge in [-0.25, -0.2) is 0 Å². The van der Waals surface area contributed by atoms with E-state index in [1.54, 1.807) is 0 Å². The van der Waals surface area contributed by atoms with E-state index >= 15 is 0 Å². The minimum absolute atomic E-state index is 0.803. The van der Waals surface area contributed by atoms with Crippen molar-refractivity contribution in [1.82, 2.24) is 15.5 Å². The number of rotatable bonds is 4. The number of hydrogen-bond donors (Lipinski definition) is 2. The van der Waals surface area contributed by atoms with Crippen molar-refractivity contribution in [1.29, 1.82) is 0 Å². The van der Waals surface area contributed by atoms with Crippen molar-refractivity contribution in [3.05, 3.63) is 11.2 Å². The summed E-state index contributed by atoms with van der Waals surface area (Å²) >= 11 is 6.11. The third kappa shape index (κ3) is 3.37. The van der Waals surface area contributed by atoms with Gasteiger partial charge in [0.05, 0.1) is 6.67 Å². The van der Waals surface area contributed by atoms with Gasteiger partial charge in [0.25, 0.3) is 0 Å². The quantitative estimate of drug-likeness (QED) is 0.713. The Hall–Kier alpha value is -0.250. The first-order valence-electron chi connectivity index (χ1n) is 5.88. The van der Waals surface area contributed by atoms with Crippen LogP contribution in [0.1, 0.15) is 19.3 Å². The highest BCUT2D eigenvalue weighted by Gasteiger charge is 2.15. The Balaban J connectivity index is 1.64. The van der Waals surface area contributed by atoms with Crippen LogP contribution in [-0.4, -0.2) is 37.7 Å². The monoisotopic (exact) mass is 229 g/mol. The van der Waals surface area contributed by atoms with Gasteiger partial charge in [-0.2, -0.15) is 0 Å². The molecule has 2 aliphatic rings. The van der Waals surface area contributed by atoms with Crippen molar-refractivity contribution in [2.24, 2.45) is 5.92 Å². The lowest BCUT2D eigenvalue weighted by Gasteiger charge is -2.27. The third-order valence-corrected chi connectivity index (χ3v) is 3.54.